The Kier molecular flexibility index (Phi) is 3.99. The summed E-state index contributed by atoms with van der Waals surface area (Å²) < 4.78 is 0. The predicted molar refractivity (Wildman–Crippen MR) is 67.9 cm³/mol. The van der Waals surface area contributed by atoms with Crippen molar-refractivity contribution < 1.29 is 4.79 Å². The second-order valence-electron chi connectivity index (χ2n) is 4.40. The van der Waals surface area contributed by atoms with Crippen molar-refractivity contribution >= 4 is 17.2 Å². The Bertz CT molecular complexity index is 328. The topological polar surface area (TPSA) is 20.3 Å². The van der Waals surface area contributed by atoms with E-state index in [1.807, 2.05) is 16.8 Å². The van der Waals surface area contributed by atoms with E-state index < -0.39 is 0 Å². The van der Waals surface area contributed by atoms with Gasteiger partial charge in [-0.3, -0.25) is 4.79 Å². The first kappa shape index (κ1) is 11.6. The predicted octanol–water partition coefficient (Wildman–Crippen LogP) is 3.54. The molecule has 1 saturated carbocycles. The molecule has 0 radical (unpaired) electrons. The van der Waals surface area contributed by atoms with Gasteiger partial charge in [-0.15, -0.1) is 0 Å². The number of amides is 1. The minimum Gasteiger partial charge on any atom is -0.336 e. The summed E-state index contributed by atoms with van der Waals surface area (Å²) in [7, 11) is 0. The Balaban J connectivity index is 2.06. The third kappa shape index (κ3) is 2.46. The van der Waals surface area contributed by atoms with Gasteiger partial charge >= 0.3 is 0 Å². The molecule has 1 fully saturated rings. The Hall–Kier alpha value is -0.830. The van der Waals surface area contributed by atoms with Crippen molar-refractivity contribution in [2.45, 2.75) is 45.1 Å². The Labute approximate surface area is 101 Å². The van der Waals surface area contributed by atoms with Crippen LogP contribution in [0.25, 0.3) is 0 Å². The summed E-state index contributed by atoms with van der Waals surface area (Å²) >= 11 is 1.59. The number of hydrogen-bond donors (Lipinski definition) is 0. The van der Waals surface area contributed by atoms with Gasteiger partial charge in [-0.2, -0.15) is 11.3 Å². The average Bonchev–Trinajstić information content (AvgIpc) is 2.85. The molecule has 16 heavy (non-hydrogen) atoms. The van der Waals surface area contributed by atoms with Crippen molar-refractivity contribution in [3.8, 4) is 0 Å². The van der Waals surface area contributed by atoms with Gasteiger partial charge in [-0.25, -0.2) is 0 Å². The van der Waals surface area contributed by atoms with Gasteiger partial charge in [0.2, 0.25) is 0 Å². The van der Waals surface area contributed by atoms with E-state index in [1.54, 1.807) is 11.3 Å². The van der Waals surface area contributed by atoms with Crippen LogP contribution in [-0.4, -0.2) is 23.4 Å². The highest BCUT2D eigenvalue weighted by Crippen LogP contribution is 2.24. The molecule has 88 valence electrons. The molecular weight excluding hydrogens is 218 g/mol. The van der Waals surface area contributed by atoms with Crippen molar-refractivity contribution in [2.24, 2.45) is 0 Å². The summed E-state index contributed by atoms with van der Waals surface area (Å²) in [6.07, 6.45) is 6.25. The molecule has 0 saturated heterocycles. The SMILES string of the molecule is CCN(C(=O)c1ccsc1)C1CCCCC1. The van der Waals surface area contributed by atoms with Crippen molar-refractivity contribution in [1.29, 1.82) is 0 Å². The molecule has 2 nitrogen and oxygen atoms in total. The Morgan fingerprint density at radius 1 is 1.44 bits per heavy atom. The summed E-state index contributed by atoms with van der Waals surface area (Å²) in [5, 5.41) is 3.93. The van der Waals surface area contributed by atoms with Gasteiger partial charge in [-0.1, -0.05) is 19.3 Å². The lowest BCUT2D eigenvalue weighted by Gasteiger charge is -2.33. The largest absolute Gasteiger partial charge is 0.336 e. The van der Waals surface area contributed by atoms with E-state index in [0.717, 1.165) is 12.1 Å². The number of thiophene rings is 1. The molecule has 3 heteroatoms. The summed E-state index contributed by atoms with van der Waals surface area (Å²) in [5.74, 6) is 0.218. The molecule has 1 aliphatic rings. The van der Waals surface area contributed by atoms with Gasteiger partial charge in [0.15, 0.2) is 0 Å². The molecule has 0 aromatic carbocycles. The fraction of sp³-hybridized carbons (Fsp3) is 0.615. The number of carbonyl (C=O) groups excluding carboxylic acids is 1. The molecule has 0 atom stereocenters. The number of rotatable bonds is 3. The first-order chi connectivity index (χ1) is 7.83. The first-order valence-corrected chi connectivity index (χ1v) is 7.10. The van der Waals surface area contributed by atoms with E-state index in [-0.39, 0.29) is 5.91 Å². The average molecular weight is 237 g/mol. The third-order valence-corrected chi connectivity index (χ3v) is 4.07. The van der Waals surface area contributed by atoms with E-state index in [1.165, 1.54) is 32.1 Å². The van der Waals surface area contributed by atoms with Crippen LogP contribution in [0.15, 0.2) is 16.8 Å². The lowest BCUT2D eigenvalue weighted by Crippen LogP contribution is -2.41. The van der Waals surface area contributed by atoms with Crippen molar-refractivity contribution in [3.63, 3.8) is 0 Å². The van der Waals surface area contributed by atoms with Crippen molar-refractivity contribution in [1.82, 2.24) is 4.90 Å². The second kappa shape index (κ2) is 5.48. The lowest BCUT2D eigenvalue weighted by atomic mass is 9.94. The monoisotopic (exact) mass is 237 g/mol. The minimum absolute atomic E-state index is 0.218. The zero-order valence-corrected chi connectivity index (χ0v) is 10.6. The Morgan fingerprint density at radius 3 is 2.75 bits per heavy atom. The standard InChI is InChI=1S/C13H19NOS/c1-2-14(12-6-4-3-5-7-12)13(15)11-8-9-16-10-11/h8-10,12H,2-7H2,1H3. The lowest BCUT2D eigenvalue weighted by molar-refractivity contribution is 0.0648. The second-order valence-corrected chi connectivity index (χ2v) is 5.18. The van der Waals surface area contributed by atoms with Gasteiger partial charge in [0.25, 0.3) is 5.91 Å². The quantitative estimate of drug-likeness (QED) is 0.787. The maximum Gasteiger partial charge on any atom is 0.254 e. The number of hydrogen-bond acceptors (Lipinski definition) is 2. The van der Waals surface area contributed by atoms with E-state index in [0.29, 0.717) is 6.04 Å². The normalized spacial score (nSPS) is 17.3. The van der Waals surface area contributed by atoms with Gasteiger partial charge in [0, 0.05) is 18.0 Å². The molecule has 1 aromatic heterocycles. The van der Waals surface area contributed by atoms with Crippen molar-refractivity contribution in [2.75, 3.05) is 6.54 Å². The van der Waals surface area contributed by atoms with E-state index in [4.69, 9.17) is 0 Å². The summed E-state index contributed by atoms with van der Waals surface area (Å²) in [6, 6.07) is 2.41. The van der Waals surface area contributed by atoms with E-state index in [9.17, 15) is 4.79 Å². The molecule has 0 unspecified atom stereocenters. The van der Waals surface area contributed by atoms with Crippen LogP contribution < -0.4 is 0 Å². The highest BCUT2D eigenvalue weighted by Gasteiger charge is 2.24. The van der Waals surface area contributed by atoms with Crippen molar-refractivity contribution in [3.05, 3.63) is 22.4 Å². The van der Waals surface area contributed by atoms with Gasteiger partial charge < -0.3 is 4.90 Å². The molecule has 0 spiro atoms. The van der Waals surface area contributed by atoms with Gasteiger partial charge in [-0.05, 0) is 31.2 Å². The minimum atomic E-state index is 0.218. The van der Waals surface area contributed by atoms with Crippen LogP contribution in [0.3, 0.4) is 0 Å². The fourth-order valence-electron chi connectivity index (χ4n) is 2.51. The first-order valence-electron chi connectivity index (χ1n) is 6.16. The van der Waals surface area contributed by atoms with Crippen LogP contribution in [0, 0.1) is 0 Å². The summed E-state index contributed by atoms with van der Waals surface area (Å²) in [6.45, 7) is 2.91. The van der Waals surface area contributed by atoms with Crippen LogP contribution in [0.2, 0.25) is 0 Å². The molecule has 1 heterocycles. The smallest absolute Gasteiger partial charge is 0.254 e. The summed E-state index contributed by atoms with van der Waals surface area (Å²) in [4.78, 5) is 14.3. The van der Waals surface area contributed by atoms with Crippen LogP contribution in [0.4, 0.5) is 0 Å². The van der Waals surface area contributed by atoms with Crippen LogP contribution in [0.5, 0.6) is 0 Å². The molecule has 2 rings (SSSR count). The van der Waals surface area contributed by atoms with E-state index in [2.05, 4.69) is 11.8 Å². The maximum absolute atomic E-state index is 12.3. The highest BCUT2D eigenvalue weighted by molar-refractivity contribution is 7.08. The molecule has 0 bridgehead atoms. The van der Waals surface area contributed by atoms with Gasteiger partial charge in [0.1, 0.15) is 0 Å². The highest BCUT2D eigenvalue weighted by atomic mass is 32.1. The van der Waals surface area contributed by atoms with E-state index >= 15 is 0 Å². The third-order valence-electron chi connectivity index (χ3n) is 3.39. The van der Waals surface area contributed by atoms with Crippen LogP contribution >= 0.6 is 11.3 Å². The zero-order chi connectivity index (χ0) is 11.4. The Morgan fingerprint density at radius 2 is 2.19 bits per heavy atom. The summed E-state index contributed by atoms with van der Waals surface area (Å²) in [5.41, 5.74) is 0.859. The van der Waals surface area contributed by atoms with Crippen LogP contribution in [0.1, 0.15) is 49.4 Å². The zero-order valence-electron chi connectivity index (χ0n) is 9.82. The molecule has 1 aliphatic carbocycles. The molecule has 1 amide bonds. The number of nitrogens with zero attached hydrogens (tertiary/aromatic N) is 1. The molecule has 0 aliphatic heterocycles. The number of carbonyl (C=O) groups is 1. The van der Waals surface area contributed by atoms with Gasteiger partial charge in [0.05, 0.1) is 5.56 Å². The maximum atomic E-state index is 12.3. The molecule has 0 N–H and O–H groups in total. The molecular formula is C13H19NOS. The van der Waals surface area contributed by atoms with Crippen LogP contribution in [-0.2, 0) is 0 Å². The molecule has 1 aromatic rings. The fourth-order valence-corrected chi connectivity index (χ4v) is 3.14.